The average Bonchev–Trinajstić information content (AvgIpc) is 3.65. The first kappa shape index (κ1) is 23.7. The Morgan fingerprint density at radius 2 is 1.27 bits per heavy atom. The molecule has 2 aliphatic carbocycles. The van der Waals surface area contributed by atoms with E-state index in [4.69, 9.17) is 0 Å². The maximum Gasteiger partial charge on any atom is 0.0390 e. The van der Waals surface area contributed by atoms with Gasteiger partial charge < -0.3 is 5.32 Å². The predicted molar refractivity (Wildman–Crippen MR) is 171 cm³/mol. The summed E-state index contributed by atoms with van der Waals surface area (Å²) in [5.74, 6) is 0.425. The van der Waals surface area contributed by atoms with Crippen LogP contribution in [0.5, 0.6) is 0 Å². The van der Waals surface area contributed by atoms with Crippen LogP contribution in [-0.4, -0.2) is 0 Å². The summed E-state index contributed by atoms with van der Waals surface area (Å²) in [5, 5.41) is 6.30. The lowest BCUT2D eigenvalue weighted by molar-refractivity contribution is 0.802. The van der Waals surface area contributed by atoms with Crippen molar-refractivity contribution in [2.45, 2.75) is 24.2 Å². The van der Waals surface area contributed by atoms with Gasteiger partial charge in [0.15, 0.2) is 0 Å². The number of hydrogen-bond acceptors (Lipinski definition) is 1. The molecule has 40 heavy (non-hydrogen) atoms. The molecule has 0 aliphatic heterocycles. The van der Waals surface area contributed by atoms with Gasteiger partial charge in [-0.15, -0.1) is 0 Å². The maximum atomic E-state index is 3.62. The number of hydrogen-bond donors (Lipinski definition) is 1. The van der Waals surface area contributed by atoms with E-state index in [-0.39, 0.29) is 5.41 Å². The molecule has 6 aromatic rings. The fourth-order valence-corrected chi connectivity index (χ4v) is 7.36. The summed E-state index contributed by atoms with van der Waals surface area (Å²) in [6.45, 7) is 0. The number of benzene rings is 6. The van der Waals surface area contributed by atoms with Crippen molar-refractivity contribution < 1.29 is 0 Å². The monoisotopic (exact) mass is 577 g/mol. The van der Waals surface area contributed by atoms with Crippen LogP contribution in [0, 0.1) is 0 Å². The van der Waals surface area contributed by atoms with Crippen LogP contribution in [0.3, 0.4) is 0 Å². The van der Waals surface area contributed by atoms with Crippen LogP contribution in [-0.2, 0) is 11.8 Å². The van der Waals surface area contributed by atoms with Crippen LogP contribution in [0.2, 0.25) is 0 Å². The van der Waals surface area contributed by atoms with Crippen LogP contribution in [0.1, 0.15) is 40.2 Å². The normalized spacial score (nSPS) is 16.4. The van der Waals surface area contributed by atoms with E-state index in [0.717, 1.165) is 28.7 Å². The molecule has 6 aromatic carbocycles. The summed E-state index contributed by atoms with van der Waals surface area (Å²) < 4.78 is 1.08. The predicted octanol–water partition coefficient (Wildman–Crippen LogP) is 10.4. The van der Waals surface area contributed by atoms with Gasteiger partial charge in [-0.3, -0.25) is 0 Å². The Morgan fingerprint density at radius 1 is 0.625 bits per heavy atom. The Bertz CT molecular complexity index is 1830. The van der Waals surface area contributed by atoms with E-state index < -0.39 is 0 Å². The third-order valence-electron chi connectivity index (χ3n) is 8.99. The lowest BCUT2D eigenvalue weighted by Crippen LogP contribution is -2.12. The molecule has 1 atom stereocenters. The van der Waals surface area contributed by atoms with E-state index in [9.17, 15) is 0 Å². The number of nitrogens with one attached hydrogen (secondary N) is 1. The van der Waals surface area contributed by atoms with Gasteiger partial charge in [0.2, 0.25) is 0 Å². The quantitative estimate of drug-likeness (QED) is 0.214. The zero-order valence-electron chi connectivity index (χ0n) is 22.1. The van der Waals surface area contributed by atoms with Crippen LogP contribution in [0.25, 0.3) is 21.9 Å². The molecule has 0 saturated heterocycles. The van der Waals surface area contributed by atoms with Crippen LogP contribution in [0.15, 0.2) is 138 Å². The number of anilines is 2. The Kier molecular flexibility index (Phi) is 5.46. The molecule has 0 bridgehead atoms. The van der Waals surface area contributed by atoms with Gasteiger partial charge in [-0.05, 0) is 111 Å². The Balaban J connectivity index is 1.32. The van der Waals surface area contributed by atoms with Crippen molar-refractivity contribution in [3.05, 3.63) is 166 Å². The minimum absolute atomic E-state index is 0.00626. The molecule has 0 radical (unpaired) electrons. The second-order valence-electron chi connectivity index (χ2n) is 11.2. The highest BCUT2D eigenvalue weighted by Gasteiger charge is 2.58. The summed E-state index contributed by atoms with van der Waals surface area (Å²) in [5.41, 5.74) is 12.3. The fourth-order valence-electron chi connectivity index (χ4n) is 7.10. The van der Waals surface area contributed by atoms with Gasteiger partial charge in [-0.1, -0.05) is 107 Å². The summed E-state index contributed by atoms with van der Waals surface area (Å²) in [7, 11) is 0. The zero-order valence-corrected chi connectivity index (χ0v) is 23.7. The lowest BCUT2D eigenvalue weighted by atomic mass is 9.81. The first-order valence-corrected chi connectivity index (χ1v) is 14.8. The third kappa shape index (κ3) is 3.74. The summed E-state index contributed by atoms with van der Waals surface area (Å²) in [6, 6.07) is 49.0. The van der Waals surface area contributed by atoms with E-state index in [0.29, 0.717) is 5.92 Å². The summed E-state index contributed by atoms with van der Waals surface area (Å²) in [6.07, 6.45) is 2.13. The van der Waals surface area contributed by atoms with Gasteiger partial charge in [0.25, 0.3) is 0 Å². The van der Waals surface area contributed by atoms with E-state index in [1.54, 1.807) is 0 Å². The molecule has 0 spiro atoms. The third-order valence-corrected chi connectivity index (χ3v) is 9.52. The van der Waals surface area contributed by atoms with Gasteiger partial charge in [0, 0.05) is 21.3 Å². The highest BCUT2D eigenvalue weighted by Crippen LogP contribution is 2.66. The van der Waals surface area contributed by atoms with Crippen molar-refractivity contribution in [3.8, 4) is 11.1 Å². The summed E-state index contributed by atoms with van der Waals surface area (Å²) in [4.78, 5) is 0. The standard InChI is InChI=1S/C38H28BrN/c39-29-15-17-30(18-16-29)40-31-19-20-33-26(21-31)23-34-32-14-8-7-9-25(32)22-35(34)37(33)36-24-38(36,27-10-3-1-4-11-27)28-12-5-2-6-13-28/h1-21,23,36,40H,22,24H2. The highest BCUT2D eigenvalue weighted by atomic mass is 79.9. The molecule has 0 heterocycles. The number of halogens is 1. The van der Waals surface area contributed by atoms with Crippen molar-refractivity contribution in [3.63, 3.8) is 0 Å². The first-order valence-electron chi connectivity index (χ1n) is 14.0. The van der Waals surface area contributed by atoms with Crippen LogP contribution in [0.4, 0.5) is 11.4 Å². The average molecular weight is 579 g/mol. The molecule has 8 rings (SSSR count). The molecule has 2 aliphatic rings. The van der Waals surface area contributed by atoms with Gasteiger partial charge in [-0.25, -0.2) is 0 Å². The molecule has 0 amide bonds. The minimum atomic E-state index is -0.00626. The zero-order chi connectivity index (χ0) is 26.7. The Morgan fingerprint density at radius 3 is 2.00 bits per heavy atom. The maximum absolute atomic E-state index is 3.62. The fraction of sp³-hybridized carbons (Fsp3) is 0.105. The van der Waals surface area contributed by atoms with Crippen molar-refractivity contribution in [1.82, 2.24) is 0 Å². The molecular formula is C38H28BrN. The van der Waals surface area contributed by atoms with Crippen molar-refractivity contribution in [1.29, 1.82) is 0 Å². The van der Waals surface area contributed by atoms with Crippen LogP contribution < -0.4 is 5.32 Å². The van der Waals surface area contributed by atoms with Crippen molar-refractivity contribution >= 4 is 38.1 Å². The SMILES string of the molecule is Brc1ccc(Nc2ccc3c(C4CC4(c4ccccc4)c4ccccc4)c4c(cc3c2)-c2ccccc2C4)cc1. The van der Waals surface area contributed by atoms with E-state index >= 15 is 0 Å². The van der Waals surface area contributed by atoms with Gasteiger partial charge in [0.1, 0.15) is 0 Å². The molecular weight excluding hydrogens is 550 g/mol. The van der Waals surface area contributed by atoms with Gasteiger partial charge in [0.05, 0.1) is 0 Å². The molecule has 0 aromatic heterocycles. The molecule has 2 heteroatoms. The molecule has 1 nitrogen and oxygen atoms in total. The topological polar surface area (TPSA) is 12.0 Å². The molecule has 192 valence electrons. The lowest BCUT2D eigenvalue weighted by Gasteiger charge is -2.22. The van der Waals surface area contributed by atoms with E-state index in [2.05, 4.69) is 155 Å². The number of rotatable bonds is 5. The first-order chi connectivity index (χ1) is 19.7. The Labute approximate surface area is 243 Å². The highest BCUT2D eigenvalue weighted by molar-refractivity contribution is 9.10. The van der Waals surface area contributed by atoms with Gasteiger partial charge in [-0.2, -0.15) is 0 Å². The van der Waals surface area contributed by atoms with Gasteiger partial charge >= 0.3 is 0 Å². The molecule has 1 unspecified atom stereocenters. The second kappa shape index (κ2) is 9.21. The smallest absolute Gasteiger partial charge is 0.0390 e. The molecule has 1 N–H and O–H groups in total. The van der Waals surface area contributed by atoms with Crippen LogP contribution >= 0.6 is 15.9 Å². The molecule has 1 fully saturated rings. The van der Waals surface area contributed by atoms with E-state index in [1.807, 2.05) is 0 Å². The largest absolute Gasteiger partial charge is 0.356 e. The van der Waals surface area contributed by atoms with Crippen molar-refractivity contribution in [2.75, 3.05) is 5.32 Å². The molecule has 1 saturated carbocycles. The Hall–Kier alpha value is -4.14. The summed E-state index contributed by atoms with van der Waals surface area (Å²) >= 11 is 3.55. The number of fused-ring (bicyclic) bond motifs is 4. The van der Waals surface area contributed by atoms with Crippen molar-refractivity contribution in [2.24, 2.45) is 0 Å². The minimum Gasteiger partial charge on any atom is -0.356 e. The second-order valence-corrected chi connectivity index (χ2v) is 12.1. The van der Waals surface area contributed by atoms with E-state index in [1.165, 1.54) is 49.7 Å².